The van der Waals surface area contributed by atoms with Crippen LogP contribution in [0.2, 0.25) is 0 Å². The number of carbonyl (C=O) groups excluding carboxylic acids is 1. The van der Waals surface area contributed by atoms with Crippen LogP contribution >= 0.6 is 0 Å². The first kappa shape index (κ1) is 18.0. The lowest BCUT2D eigenvalue weighted by atomic mass is 9.95. The topological polar surface area (TPSA) is 50.8 Å². The van der Waals surface area contributed by atoms with E-state index in [0.29, 0.717) is 12.4 Å². The van der Waals surface area contributed by atoms with Crippen molar-refractivity contribution in [2.24, 2.45) is 5.41 Å². The minimum Gasteiger partial charge on any atom is -0.497 e. The maximum atomic E-state index is 12.2. The Morgan fingerprint density at radius 2 is 2.00 bits per heavy atom. The van der Waals surface area contributed by atoms with Gasteiger partial charge in [-0.25, -0.2) is 0 Å². The number of rotatable bonds is 7. The number of hydrogen-bond acceptors (Lipinski definition) is 4. The van der Waals surface area contributed by atoms with Crippen LogP contribution in [0, 0.1) is 5.41 Å². The Labute approximate surface area is 128 Å². The summed E-state index contributed by atoms with van der Waals surface area (Å²) in [5.41, 5.74) is -0.413. The molecule has 1 amide bonds. The second kappa shape index (κ2) is 8.39. The molecule has 0 aliphatic carbocycles. The van der Waals surface area contributed by atoms with E-state index < -0.39 is 5.41 Å². The molecule has 5 nitrogen and oxygen atoms in total. The zero-order chi connectivity index (χ0) is 15.9. The second-order valence-electron chi connectivity index (χ2n) is 6.42. The van der Waals surface area contributed by atoms with Gasteiger partial charge in [-0.15, -0.1) is 0 Å². The van der Waals surface area contributed by atoms with Crippen molar-refractivity contribution >= 4 is 5.91 Å². The molecule has 21 heavy (non-hydrogen) atoms. The van der Waals surface area contributed by atoms with Crippen LogP contribution in [0.25, 0.3) is 0 Å². The minimum atomic E-state index is -0.413. The highest BCUT2D eigenvalue weighted by Crippen LogP contribution is 2.16. The highest BCUT2D eigenvalue weighted by atomic mass is 16.5. The fraction of sp³-hybridized carbons (Fsp3) is 0.812. The standard InChI is InChI=1S/C16H30N2O3/c1-6-21-13(2)14(17-15(19)16(3,4)5)7-8-18-9-11-20-12-10-18/h14H,2,6-12H2,1,3-5H3,(H,17,19)/t14-/m0/s1. The van der Waals surface area contributed by atoms with Gasteiger partial charge in [0.1, 0.15) is 5.76 Å². The van der Waals surface area contributed by atoms with E-state index in [2.05, 4.69) is 16.8 Å². The van der Waals surface area contributed by atoms with Crippen molar-refractivity contribution in [1.82, 2.24) is 10.2 Å². The molecule has 0 unspecified atom stereocenters. The van der Waals surface area contributed by atoms with Crippen LogP contribution in [0.5, 0.6) is 0 Å². The maximum absolute atomic E-state index is 12.2. The monoisotopic (exact) mass is 298 g/mol. The molecule has 122 valence electrons. The molecule has 5 heteroatoms. The SMILES string of the molecule is C=C(OCC)[C@H](CCN1CCOCC1)NC(=O)C(C)(C)C. The van der Waals surface area contributed by atoms with Gasteiger partial charge in [0.25, 0.3) is 0 Å². The average Bonchev–Trinajstić information content (AvgIpc) is 2.43. The highest BCUT2D eigenvalue weighted by Gasteiger charge is 2.26. The van der Waals surface area contributed by atoms with Gasteiger partial charge in [-0.2, -0.15) is 0 Å². The third kappa shape index (κ3) is 6.48. The summed E-state index contributed by atoms with van der Waals surface area (Å²) in [6.45, 7) is 16.5. The van der Waals surface area contributed by atoms with Gasteiger partial charge in [0, 0.05) is 25.0 Å². The van der Waals surface area contributed by atoms with Gasteiger partial charge in [-0.05, 0) is 13.3 Å². The Kier molecular flexibility index (Phi) is 7.18. The fourth-order valence-corrected chi connectivity index (χ4v) is 2.11. The Balaban J connectivity index is 2.55. The van der Waals surface area contributed by atoms with E-state index in [-0.39, 0.29) is 11.9 Å². The molecule has 1 aliphatic rings. The molecule has 1 N–H and O–H groups in total. The van der Waals surface area contributed by atoms with Crippen LogP contribution in [0.4, 0.5) is 0 Å². The molecular formula is C16H30N2O3. The highest BCUT2D eigenvalue weighted by molar-refractivity contribution is 5.81. The molecule has 0 bridgehead atoms. The van der Waals surface area contributed by atoms with Gasteiger partial charge in [0.15, 0.2) is 0 Å². The first-order valence-electron chi connectivity index (χ1n) is 7.77. The molecule has 1 saturated heterocycles. The van der Waals surface area contributed by atoms with E-state index in [0.717, 1.165) is 39.3 Å². The summed E-state index contributed by atoms with van der Waals surface area (Å²) in [4.78, 5) is 14.5. The molecule has 1 aliphatic heterocycles. The largest absolute Gasteiger partial charge is 0.497 e. The average molecular weight is 298 g/mol. The normalized spacial score (nSPS) is 18.1. The zero-order valence-corrected chi connectivity index (χ0v) is 13.9. The number of morpholine rings is 1. The summed E-state index contributed by atoms with van der Waals surface area (Å²) >= 11 is 0. The lowest BCUT2D eigenvalue weighted by Gasteiger charge is -2.30. The van der Waals surface area contributed by atoms with E-state index in [1.807, 2.05) is 27.7 Å². The molecule has 0 saturated carbocycles. The van der Waals surface area contributed by atoms with E-state index in [1.165, 1.54) is 0 Å². The minimum absolute atomic E-state index is 0.0235. The first-order valence-corrected chi connectivity index (χ1v) is 7.77. The molecule has 1 rings (SSSR count). The van der Waals surface area contributed by atoms with E-state index in [4.69, 9.17) is 9.47 Å². The van der Waals surface area contributed by atoms with Crippen LogP contribution in [0.3, 0.4) is 0 Å². The van der Waals surface area contributed by atoms with Crippen molar-refractivity contribution in [3.05, 3.63) is 12.3 Å². The number of nitrogens with zero attached hydrogens (tertiary/aromatic N) is 1. The van der Waals surface area contributed by atoms with E-state index in [1.54, 1.807) is 0 Å². The van der Waals surface area contributed by atoms with Crippen LogP contribution in [0.1, 0.15) is 34.1 Å². The van der Waals surface area contributed by atoms with Crippen LogP contribution in [-0.2, 0) is 14.3 Å². The molecule has 1 atom stereocenters. The molecule has 1 fully saturated rings. The van der Waals surface area contributed by atoms with Gasteiger partial charge >= 0.3 is 0 Å². The second-order valence-corrected chi connectivity index (χ2v) is 6.42. The molecule has 0 aromatic rings. The predicted octanol–water partition coefficient (Wildman–Crippen LogP) is 1.79. The zero-order valence-electron chi connectivity index (χ0n) is 13.9. The summed E-state index contributed by atoms with van der Waals surface area (Å²) in [6, 6.07) is -0.139. The van der Waals surface area contributed by atoms with Gasteiger partial charge < -0.3 is 14.8 Å². The van der Waals surface area contributed by atoms with E-state index in [9.17, 15) is 4.79 Å². The maximum Gasteiger partial charge on any atom is 0.225 e. The van der Waals surface area contributed by atoms with Gasteiger partial charge in [0.2, 0.25) is 5.91 Å². The van der Waals surface area contributed by atoms with Crippen LogP contribution < -0.4 is 5.32 Å². The van der Waals surface area contributed by atoms with Crippen molar-refractivity contribution in [1.29, 1.82) is 0 Å². The fourth-order valence-electron chi connectivity index (χ4n) is 2.11. The summed E-state index contributed by atoms with van der Waals surface area (Å²) in [5, 5.41) is 3.06. The van der Waals surface area contributed by atoms with Crippen LogP contribution in [-0.4, -0.2) is 56.3 Å². The van der Waals surface area contributed by atoms with Crippen molar-refractivity contribution in [2.75, 3.05) is 39.5 Å². The van der Waals surface area contributed by atoms with Gasteiger partial charge in [0.05, 0.1) is 25.9 Å². The molecule has 0 radical (unpaired) electrons. The van der Waals surface area contributed by atoms with E-state index >= 15 is 0 Å². The smallest absolute Gasteiger partial charge is 0.225 e. The van der Waals surface area contributed by atoms with Crippen molar-refractivity contribution in [3.63, 3.8) is 0 Å². The van der Waals surface area contributed by atoms with Crippen LogP contribution in [0.15, 0.2) is 12.3 Å². The number of nitrogens with one attached hydrogen (secondary N) is 1. The molecule has 0 aromatic heterocycles. The van der Waals surface area contributed by atoms with Gasteiger partial charge in [-0.3, -0.25) is 9.69 Å². The van der Waals surface area contributed by atoms with Crippen molar-refractivity contribution in [3.8, 4) is 0 Å². The third-order valence-electron chi connectivity index (χ3n) is 3.54. The number of hydrogen-bond donors (Lipinski definition) is 1. The number of ether oxygens (including phenoxy) is 2. The lowest BCUT2D eigenvalue weighted by Crippen LogP contribution is -2.45. The summed E-state index contributed by atoms with van der Waals surface area (Å²) in [7, 11) is 0. The Morgan fingerprint density at radius 3 is 2.52 bits per heavy atom. The Morgan fingerprint density at radius 1 is 1.38 bits per heavy atom. The quantitative estimate of drug-likeness (QED) is 0.728. The first-order chi connectivity index (χ1) is 9.84. The lowest BCUT2D eigenvalue weighted by molar-refractivity contribution is -0.129. The molecule has 0 aromatic carbocycles. The molecule has 0 spiro atoms. The Bertz CT molecular complexity index is 344. The van der Waals surface area contributed by atoms with Crippen molar-refractivity contribution in [2.45, 2.75) is 40.2 Å². The summed E-state index contributed by atoms with van der Waals surface area (Å²) < 4.78 is 10.9. The number of amides is 1. The summed E-state index contributed by atoms with van der Waals surface area (Å²) in [5.74, 6) is 0.665. The number of carbonyl (C=O) groups is 1. The molecule has 1 heterocycles. The van der Waals surface area contributed by atoms with Crippen molar-refractivity contribution < 1.29 is 14.3 Å². The third-order valence-corrected chi connectivity index (χ3v) is 3.54. The summed E-state index contributed by atoms with van der Waals surface area (Å²) in [6.07, 6.45) is 0.806. The Hall–Kier alpha value is -1.07. The predicted molar refractivity (Wildman–Crippen MR) is 84.0 cm³/mol. The molecular weight excluding hydrogens is 268 g/mol. The van der Waals surface area contributed by atoms with Gasteiger partial charge in [-0.1, -0.05) is 27.4 Å².